The standard InChI is InChI=1S/C23H32N2O2S2/c1-3-5-6-7-8-12-15-24-23(28)25-21-20(22(26)27-4-2)17-19(29-21)16-18-13-10-9-11-14-18/h9-11,13-14,17H,3-8,12,15-16H2,1-2H3,(H2,24,25,28). The SMILES string of the molecule is CCCCCCCCNC(=S)Nc1sc(Cc2ccccc2)cc1C(=O)OCC. The molecule has 0 spiro atoms. The molecule has 1 aromatic heterocycles. The van der Waals surface area contributed by atoms with Crippen molar-refractivity contribution < 1.29 is 9.53 Å². The molecule has 0 aliphatic rings. The summed E-state index contributed by atoms with van der Waals surface area (Å²) in [5, 5.41) is 7.76. The number of rotatable bonds is 12. The van der Waals surface area contributed by atoms with Crippen LogP contribution in [0.15, 0.2) is 36.4 Å². The van der Waals surface area contributed by atoms with Crippen molar-refractivity contribution in [2.75, 3.05) is 18.5 Å². The molecule has 29 heavy (non-hydrogen) atoms. The minimum absolute atomic E-state index is 0.315. The lowest BCUT2D eigenvalue weighted by Gasteiger charge is -2.10. The van der Waals surface area contributed by atoms with Crippen molar-refractivity contribution >= 4 is 39.6 Å². The number of hydrogen-bond donors (Lipinski definition) is 2. The summed E-state index contributed by atoms with van der Waals surface area (Å²) in [6.45, 7) is 5.23. The van der Waals surface area contributed by atoms with Crippen molar-refractivity contribution in [2.24, 2.45) is 0 Å². The van der Waals surface area contributed by atoms with Crippen LogP contribution in [0.25, 0.3) is 0 Å². The van der Waals surface area contributed by atoms with E-state index >= 15 is 0 Å². The van der Waals surface area contributed by atoms with E-state index in [2.05, 4.69) is 29.7 Å². The summed E-state index contributed by atoms with van der Waals surface area (Å²) in [6, 6.07) is 12.1. The van der Waals surface area contributed by atoms with E-state index < -0.39 is 0 Å². The summed E-state index contributed by atoms with van der Waals surface area (Å²) in [4.78, 5) is 13.5. The number of carbonyl (C=O) groups is 1. The number of hydrogen-bond acceptors (Lipinski definition) is 4. The van der Waals surface area contributed by atoms with Gasteiger partial charge in [-0.05, 0) is 37.2 Å². The van der Waals surface area contributed by atoms with Gasteiger partial charge in [-0.25, -0.2) is 4.79 Å². The number of nitrogens with one attached hydrogen (secondary N) is 2. The van der Waals surface area contributed by atoms with Gasteiger partial charge in [-0.15, -0.1) is 11.3 Å². The van der Waals surface area contributed by atoms with E-state index in [9.17, 15) is 4.79 Å². The zero-order valence-corrected chi connectivity index (χ0v) is 19.1. The van der Waals surface area contributed by atoms with Gasteiger partial charge in [-0.2, -0.15) is 0 Å². The fourth-order valence-corrected chi connectivity index (χ4v) is 4.39. The van der Waals surface area contributed by atoms with E-state index in [0.717, 1.165) is 29.3 Å². The molecule has 0 atom stereocenters. The Morgan fingerprint density at radius 1 is 1.07 bits per heavy atom. The van der Waals surface area contributed by atoms with Crippen LogP contribution in [-0.4, -0.2) is 24.2 Å². The Labute approximate surface area is 184 Å². The summed E-state index contributed by atoms with van der Waals surface area (Å²) >= 11 is 6.99. The van der Waals surface area contributed by atoms with Crippen LogP contribution in [0.1, 0.15) is 73.2 Å². The second kappa shape index (κ2) is 13.3. The molecule has 0 aliphatic heterocycles. The maximum Gasteiger partial charge on any atom is 0.341 e. The van der Waals surface area contributed by atoms with Crippen molar-refractivity contribution in [3.63, 3.8) is 0 Å². The first-order chi connectivity index (χ1) is 14.1. The highest BCUT2D eigenvalue weighted by Gasteiger charge is 2.18. The van der Waals surface area contributed by atoms with Crippen LogP contribution in [-0.2, 0) is 11.2 Å². The first kappa shape index (κ1) is 23.4. The summed E-state index contributed by atoms with van der Waals surface area (Å²) in [7, 11) is 0. The molecule has 1 heterocycles. The third-order valence-electron chi connectivity index (χ3n) is 4.54. The highest BCUT2D eigenvalue weighted by molar-refractivity contribution is 7.80. The Morgan fingerprint density at radius 3 is 2.52 bits per heavy atom. The number of thiophene rings is 1. The maximum absolute atomic E-state index is 12.4. The number of thiocarbonyl (C=S) groups is 1. The van der Waals surface area contributed by atoms with Gasteiger partial charge in [0.05, 0.1) is 12.2 Å². The smallest absolute Gasteiger partial charge is 0.341 e. The van der Waals surface area contributed by atoms with Gasteiger partial charge in [-0.3, -0.25) is 0 Å². The monoisotopic (exact) mass is 432 g/mol. The minimum Gasteiger partial charge on any atom is -0.462 e. The van der Waals surface area contributed by atoms with E-state index in [4.69, 9.17) is 17.0 Å². The average Bonchev–Trinajstić information content (AvgIpc) is 3.10. The van der Waals surface area contributed by atoms with Gasteiger partial charge < -0.3 is 15.4 Å². The van der Waals surface area contributed by atoms with Gasteiger partial charge in [0.25, 0.3) is 0 Å². The number of anilines is 1. The molecule has 0 unspecified atom stereocenters. The second-order valence-corrected chi connectivity index (χ2v) is 8.53. The Kier molecular flexibility index (Phi) is 10.7. The first-order valence-corrected chi connectivity index (χ1v) is 11.7. The Balaban J connectivity index is 1.92. The molecule has 0 aliphatic carbocycles. The lowest BCUT2D eigenvalue weighted by Crippen LogP contribution is -2.29. The Bertz CT molecular complexity index is 759. The lowest BCUT2D eigenvalue weighted by molar-refractivity contribution is 0.0528. The van der Waals surface area contributed by atoms with Crippen LogP contribution in [0, 0.1) is 0 Å². The molecular weight excluding hydrogens is 400 g/mol. The van der Waals surface area contributed by atoms with Crippen LogP contribution in [0.2, 0.25) is 0 Å². The van der Waals surface area contributed by atoms with Crippen molar-refractivity contribution in [3.8, 4) is 0 Å². The molecule has 0 bridgehead atoms. The highest BCUT2D eigenvalue weighted by Crippen LogP contribution is 2.30. The van der Waals surface area contributed by atoms with Gasteiger partial charge in [0, 0.05) is 17.8 Å². The van der Waals surface area contributed by atoms with Crippen LogP contribution < -0.4 is 10.6 Å². The van der Waals surface area contributed by atoms with Gasteiger partial charge in [0.2, 0.25) is 0 Å². The number of unbranched alkanes of at least 4 members (excludes halogenated alkanes) is 5. The van der Waals surface area contributed by atoms with Crippen molar-refractivity contribution in [1.82, 2.24) is 5.32 Å². The normalized spacial score (nSPS) is 10.6. The molecule has 1 aromatic carbocycles. The van der Waals surface area contributed by atoms with Crippen LogP contribution >= 0.6 is 23.6 Å². The van der Waals surface area contributed by atoms with Crippen molar-refractivity contribution in [1.29, 1.82) is 0 Å². The van der Waals surface area contributed by atoms with Crippen molar-refractivity contribution in [3.05, 3.63) is 52.4 Å². The molecule has 4 nitrogen and oxygen atoms in total. The third-order valence-corrected chi connectivity index (χ3v) is 5.84. The number of esters is 1. The second-order valence-electron chi connectivity index (χ2n) is 6.99. The van der Waals surface area contributed by atoms with E-state index in [0.29, 0.717) is 17.3 Å². The predicted molar refractivity (Wildman–Crippen MR) is 127 cm³/mol. The predicted octanol–water partition coefficient (Wildman–Crippen LogP) is 6.16. The van der Waals surface area contributed by atoms with Crippen molar-refractivity contribution in [2.45, 2.75) is 58.8 Å². The van der Waals surface area contributed by atoms with Crippen LogP contribution in [0.3, 0.4) is 0 Å². The quantitative estimate of drug-likeness (QED) is 0.239. The maximum atomic E-state index is 12.4. The Hall–Kier alpha value is -1.92. The van der Waals surface area contributed by atoms with Gasteiger partial charge in [0.1, 0.15) is 5.00 Å². The fourth-order valence-electron chi connectivity index (χ4n) is 3.03. The third kappa shape index (κ3) is 8.54. The van der Waals surface area contributed by atoms with E-state index in [1.807, 2.05) is 31.2 Å². The van der Waals surface area contributed by atoms with E-state index in [1.54, 1.807) is 11.3 Å². The summed E-state index contributed by atoms with van der Waals surface area (Å²) in [5.41, 5.74) is 1.76. The first-order valence-electron chi connectivity index (χ1n) is 10.5. The fraction of sp³-hybridized carbons (Fsp3) is 0.478. The molecule has 0 fully saturated rings. The van der Waals surface area contributed by atoms with Gasteiger partial charge in [-0.1, -0.05) is 69.4 Å². The average molecular weight is 433 g/mol. The highest BCUT2D eigenvalue weighted by atomic mass is 32.1. The zero-order valence-electron chi connectivity index (χ0n) is 17.5. The Morgan fingerprint density at radius 2 is 1.79 bits per heavy atom. The number of ether oxygens (including phenoxy) is 1. The summed E-state index contributed by atoms with van der Waals surface area (Å²) in [5.74, 6) is -0.315. The molecule has 6 heteroatoms. The van der Waals surface area contributed by atoms with Gasteiger partial charge >= 0.3 is 5.97 Å². The van der Waals surface area contributed by atoms with E-state index in [1.165, 1.54) is 37.7 Å². The van der Waals surface area contributed by atoms with Crippen LogP contribution in [0.4, 0.5) is 5.00 Å². The minimum atomic E-state index is -0.315. The molecule has 0 saturated carbocycles. The molecule has 158 valence electrons. The zero-order chi connectivity index (χ0) is 20.9. The molecular formula is C23H32N2O2S2. The molecule has 0 saturated heterocycles. The largest absolute Gasteiger partial charge is 0.462 e. The molecule has 0 radical (unpaired) electrons. The van der Waals surface area contributed by atoms with E-state index in [-0.39, 0.29) is 5.97 Å². The van der Waals surface area contributed by atoms with Gasteiger partial charge in [0.15, 0.2) is 5.11 Å². The topological polar surface area (TPSA) is 50.4 Å². The molecule has 0 amide bonds. The molecule has 2 rings (SSSR count). The number of benzene rings is 1. The number of carbonyl (C=O) groups excluding carboxylic acids is 1. The van der Waals surface area contributed by atoms with Crippen LogP contribution in [0.5, 0.6) is 0 Å². The summed E-state index contributed by atoms with van der Waals surface area (Å²) in [6.07, 6.45) is 8.25. The molecule has 2 aromatic rings. The summed E-state index contributed by atoms with van der Waals surface area (Å²) < 4.78 is 5.22. The lowest BCUT2D eigenvalue weighted by atomic mass is 10.1. The molecule has 2 N–H and O–H groups in total.